The summed E-state index contributed by atoms with van der Waals surface area (Å²) in [4.78, 5) is 0. The molecule has 0 aliphatic rings. The largest absolute Gasteiger partial charge is 0.309 e. The maximum atomic E-state index is 9.90. The molecule has 4 heteroatoms. The zero-order valence-electron chi connectivity index (χ0n) is 25.8. The van der Waals surface area contributed by atoms with Gasteiger partial charge in [0, 0.05) is 32.8 Å². The van der Waals surface area contributed by atoms with E-state index in [9.17, 15) is 10.5 Å². The first-order chi connectivity index (χ1) is 23.7. The van der Waals surface area contributed by atoms with E-state index in [0.29, 0.717) is 11.1 Å². The number of nitrogens with zero attached hydrogens (tertiary/aromatic N) is 4. The van der Waals surface area contributed by atoms with Crippen LogP contribution >= 0.6 is 0 Å². The second-order valence-corrected chi connectivity index (χ2v) is 12.0. The SMILES string of the molecule is N#Cc1ccc(-c2cccc(-c3ccc(-n4c5ccccc5c5c(C#N)cccc54)cc3)c2)c(-n2c3ccccc3c3ccccc32)c1. The van der Waals surface area contributed by atoms with Gasteiger partial charge in [0.1, 0.15) is 0 Å². The van der Waals surface area contributed by atoms with Crippen LogP contribution in [0, 0.1) is 22.7 Å². The van der Waals surface area contributed by atoms with Crippen LogP contribution in [0.4, 0.5) is 0 Å². The lowest BCUT2D eigenvalue weighted by atomic mass is 9.96. The van der Waals surface area contributed by atoms with Crippen molar-refractivity contribution in [3.63, 3.8) is 0 Å². The van der Waals surface area contributed by atoms with Crippen molar-refractivity contribution in [3.05, 3.63) is 169 Å². The number of nitriles is 2. The lowest BCUT2D eigenvalue weighted by Crippen LogP contribution is -1.98. The Hall–Kier alpha value is -6.88. The number of hydrogen-bond acceptors (Lipinski definition) is 2. The lowest BCUT2D eigenvalue weighted by Gasteiger charge is -2.15. The van der Waals surface area contributed by atoms with Gasteiger partial charge >= 0.3 is 0 Å². The summed E-state index contributed by atoms with van der Waals surface area (Å²) in [5.41, 5.74) is 11.9. The summed E-state index contributed by atoms with van der Waals surface area (Å²) in [6, 6.07) is 59.0. The highest BCUT2D eigenvalue weighted by molar-refractivity contribution is 6.12. The number of para-hydroxylation sites is 3. The third-order valence-electron chi connectivity index (χ3n) is 9.40. The Labute approximate surface area is 277 Å². The van der Waals surface area contributed by atoms with E-state index in [0.717, 1.165) is 66.5 Å². The molecule has 0 radical (unpaired) electrons. The van der Waals surface area contributed by atoms with Gasteiger partial charge in [0.05, 0.1) is 51.0 Å². The molecule has 0 saturated carbocycles. The van der Waals surface area contributed by atoms with Gasteiger partial charge in [-0.1, -0.05) is 97.1 Å². The van der Waals surface area contributed by atoms with E-state index in [2.05, 4.69) is 143 Å². The molecule has 9 rings (SSSR count). The number of fused-ring (bicyclic) bond motifs is 6. The average molecular weight is 611 g/mol. The summed E-state index contributed by atoms with van der Waals surface area (Å²) < 4.78 is 4.52. The predicted octanol–water partition coefficient (Wildman–Crippen LogP) is 11.0. The summed E-state index contributed by atoms with van der Waals surface area (Å²) >= 11 is 0. The Bertz CT molecular complexity index is 2750. The van der Waals surface area contributed by atoms with E-state index in [1.54, 1.807) is 0 Å². The molecular formula is C44H26N4. The van der Waals surface area contributed by atoms with Crippen LogP contribution in [-0.2, 0) is 0 Å². The van der Waals surface area contributed by atoms with Crippen molar-refractivity contribution >= 4 is 43.6 Å². The van der Waals surface area contributed by atoms with Gasteiger partial charge in [0.2, 0.25) is 0 Å². The fraction of sp³-hybridized carbons (Fsp3) is 0. The molecule has 48 heavy (non-hydrogen) atoms. The highest BCUT2D eigenvalue weighted by Gasteiger charge is 2.17. The van der Waals surface area contributed by atoms with Crippen molar-refractivity contribution in [1.82, 2.24) is 9.13 Å². The van der Waals surface area contributed by atoms with Crippen LogP contribution in [0.15, 0.2) is 158 Å². The van der Waals surface area contributed by atoms with Crippen molar-refractivity contribution in [1.29, 1.82) is 10.5 Å². The van der Waals surface area contributed by atoms with E-state index in [-0.39, 0.29) is 0 Å². The van der Waals surface area contributed by atoms with Gasteiger partial charge in [-0.2, -0.15) is 10.5 Å². The Balaban J connectivity index is 1.17. The molecule has 0 unspecified atom stereocenters. The van der Waals surface area contributed by atoms with Crippen LogP contribution in [0.1, 0.15) is 11.1 Å². The molecule has 7 aromatic carbocycles. The number of rotatable bonds is 4. The molecule has 0 saturated heterocycles. The third kappa shape index (κ3) is 4.14. The maximum Gasteiger partial charge on any atom is 0.0998 e. The second kappa shape index (κ2) is 10.9. The molecule has 0 amide bonds. The number of hydrogen-bond donors (Lipinski definition) is 0. The molecule has 2 heterocycles. The van der Waals surface area contributed by atoms with Gasteiger partial charge in [-0.3, -0.25) is 0 Å². The van der Waals surface area contributed by atoms with Gasteiger partial charge in [-0.25, -0.2) is 0 Å². The summed E-state index contributed by atoms with van der Waals surface area (Å²) in [5, 5.41) is 24.2. The smallest absolute Gasteiger partial charge is 0.0998 e. The average Bonchev–Trinajstić information content (AvgIpc) is 3.68. The summed E-state index contributed by atoms with van der Waals surface area (Å²) in [5.74, 6) is 0. The predicted molar refractivity (Wildman–Crippen MR) is 195 cm³/mol. The van der Waals surface area contributed by atoms with E-state index in [4.69, 9.17) is 0 Å². The molecule has 0 bridgehead atoms. The highest BCUT2D eigenvalue weighted by Crippen LogP contribution is 2.38. The minimum Gasteiger partial charge on any atom is -0.309 e. The number of aromatic nitrogens is 2. The molecule has 0 N–H and O–H groups in total. The van der Waals surface area contributed by atoms with E-state index >= 15 is 0 Å². The van der Waals surface area contributed by atoms with Crippen molar-refractivity contribution in [2.24, 2.45) is 0 Å². The summed E-state index contributed by atoms with van der Waals surface area (Å²) in [7, 11) is 0. The molecule has 0 fully saturated rings. The zero-order chi connectivity index (χ0) is 32.2. The monoisotopic (exact) mass is 610 g/mol. The first-order valence-corrected chi connectivity index (χ1v) is 15.9. The van der Waals surface area contributed by atoms with E-state index in [1.807, 2.05) is 36.4 Å². The minimum atomic E-state index is 0.620. The number of benzene rings is 7. The molecule has 0 aliphatic carbocycles. The fourth-order valence-corrected chi connectivity index (χ4v) is 7.27. The topological polar surface area (TPSA) is 57.4 Å². The standard InChI is InChI=1S/C44H26N4/c45-27-29-19-24-35(43(25-29)48-39-15-4-1-12-36(39)37-13-2-5-16-40(37)48)32-10-7-9-31(26-32)30-20-22-34(23-21-30)47-41-17-6-3-14-38(41)44-33(28-46)11-8-18-42(44)47/h1-26H. The molecular weight excluding hydrogens is 585 g/mol. The van der Waals surface area contributed by atoms with Crippen LogP contribution in [0.2, 0.25) is 0 Å². The van der Waals surface area contributed by atoms with Crippen LogP contribution < -0.4 is 0 Å². The van der Waals surface area contributed by atoms with Gasteiger partial charge < -0.3 is 9.13 Å². The van der Waals surface area contributed by atoms with Crippen LogP contribution in [0.3, 0.4) is 0 Å². The first-order valence-electron chi connectivity index (χ1n) is 15.9. The van der Waals surface area contributed by atoms with Crippen LogP contribution in [0.25, 0.3) is 77.2 Å². The summed E-state index contributed by atoms with van der Waals surface area (Å²) in [6.45, 7) is 0. The van der Waals surface area contributed by atoms with Gasteiger partial charge in [0.25, 0.3) is 0 Å². The van der Waals surface area contributed by atoms with Crippen molar-refractivity contribution in [2.75, 3.05) is 0 Å². The molecule has 9 aromatic rings. The normalized spacial score (nSPS) is 11.3. The van der Waals surface area contributed by atoms with E-state index in [1.165, 1.54) is 10.8 Å². The zero-order valence-corrected chi connectivity index (χ0v) is 25.8. The maximum absolute atomic E-state index is 9.90. The van der Waals surface area contributed by atoms with Gasteiger partial charge in [-0.05, 0) is 77.4 Å². The van der Waals surface area contributed by atoms with Gasteiger partial charge in [0.15, 0.2) is 0 Å². The Morgan fingerprint density at radius 2 is 1.02 bits per heavy atom. The Morgan fingerprint density at radius 1 is 0.417 bits per heavy atom. The molecule has 222 valence electrons. The van der Waals surface area contributed by atoms with Crippen LogP contribution in [0.5, 0.6) is 0 Å². The highest BCUT2D eigenvalue weighted by atomic mass is 15.0. The van der Waals surface area contributed by atoms with Crippen molar-refractivity contribution in [2.45, 2.75) is 0 Å². The quantitative estimate of drug-likeness (QED) is 0.199. The molecule has 0 spiro atoms. The Morgan fingerprint density at radius 3 is 1.71 bits per heavy atom. The minimum absolute atomic E-state index is 0.620. The third-order valence-corrected chi connectivity index (χ3v) is 9.40. The molecule has 2 aromatic heterocycles. The van der Waals surface area contributed by atoms with E-state index < -0.39 is 0 Å². The van der Waals surface area contributed by atoms with Crippen molar-refractivity contribution < 1.29 is 0 Å². The second-order valence-electron chi connectivity index (χ2n) is 12.0. The Kier molecular flexibility index (Phi) is 6.22. The first kappa shape index (κ1) is 27.4. The molecule has 4 nitrogen and oxygen atoms in total. The summed E-state index contributed by atoms with van der Waals surface area (Å²) in [6.07, 6.45) is 0. The van der Waals surface area contributed by atoms with Gasteiger partial charge in [-0.15, -0.1) is 0 Å². The van der Waals surface area contributed by atoms with Crippen molar-refractivity contribution in [3.8, 4) is 45.8 Å². The fourth-order valence-electron chi connectivity index (χ4n) is 7.27. The molecule has 0 aliphatic heterocycles. The lowest BCUT2D eigenvalue weighted by molar-refractivity contribution is 1.18. The van der Waals surface area contributed by atoms with Crippen LogP contribution in [-0.4, -0.2) is 9.13 Å². The molecule has 0 atom stereocenters.